The average molecular weight is 451 g/mol. The van der Waals surface area contributed by atoms with Crippen molar-refractivity contribution in [2.75, 3.05) is 25.0 Å². The Morgan fingerprint density at radius 3 is 2.59 bits per heavy atom. The van der Waals surface area contributed by atoms with Gasteiger partial charge in [0, 0.05) is 24.5 Å². The Labute approximate surface area is 184 Å². The van der Waals surface area contributed by atoms with E-state index in [1.807, 2.05) is 6.92 Å². The van der Waals surface area contributed by atoms with Crippen LogP contribution in [0.3, 0.4) is 0 Å². The molecule has 2 aromatic rings. The quantitative estimate of drug-likeness (QED) is 0.626. The number of alkyl halides is 3. The summed E-state index contributed by atoms with van der Waals surface area (Å²) in [4.78, 5) is 22.7. The maximum Gasteiger partial charge on any atom is 0.416 e. The number of benzene rings is 1. The van der Waals surface area contributed by atoms with Gasteiger partial charge >= 0.3 is 6.18 Å². The SMILES string of the molecule is CC(O)[C@H]1CC[C@H](N2CC(NC(=O)CNc3ncnc4ccc(C(F)(F)F)cc34)C2)CC1. The number of hydrogen-bond donors (Lipinski definition) is 3. The molecule has 1 aromatic heterocycles. The maximum absolute atomic E-state index is 13.0. The molecule has 2 aliphatic rings. The summed E-state index contributed by atoms with van der Waals surface area (Å²) in [5.74, 6) is 0.353. The summed E-state index contributed by atoms with van der Waals surface area (Å²) in [6, 6.07) is 3.84. The molecular weight excluding hydrogens is 423 g/mol. The highest BCUT2D eigenvalue weighted by Crippen LogP contribution is 2.33. The molecule has 1 aromatic carbocycles. The number of likely N-dealkylation sites (tertiary alicyclic amines) is 1. The average Bonchev–Trinajstić information content (AvgIpc) is 2.73. The first kappa shape index (κ1) is 22.7. The molecule has 1 atom stereocenters. The summed E-state index contributed by atoms with van der Waals surface area (Å²) in [6.45, 7) is 3.36. The highest BCUT2D eigenvalue weighted by atomic mass is 19.4. The lowest BCUT2D eigenvalue weighted by atomic mass is 9.81. The zero-order valence-electron chi connectivity index (χ0n) is 17.9. The van der Waals surface area contributed by atoms with Crippen LogP contribution in [-0.2, 0) is 11.0 Å². The van der Waals surface area contributed by atoms with Crippen molar-refractivity contribution in [1.29, 1.82) is 0 Å². The van der Waals surface area contributed by atoms with Crippen molar-refractivity contribution in [2.45, 2.75) is 57.0 Å². The molecule has 1 aliphatic heterocycles. The van der Waals surface area contributed by atoms with Crippen LogP contribution in [0.4, 0.5) is 19.0 Å². The molecule has 1 amide bonds. The molecule has 1 saturated heterocycles. The Balaban J connectivity index is 1.26. The molecule has 0 spiro atoms. The van der Waals surface area contributed by atoms with Crippen molar-refractivity contribution in [3.8, 4) is 0 Å². The predicted molar refractivity (Wildman–Crippen MR) is 114 cm³/mol. The van der Waals surface area contributed by atoms with Crippen molar-refractivity contribution in [2.24, 2.45) is 5.92 Å². The van der Waals surface area contributed by atoms with Gasteiger partial charge in [0.25, 0.3) is 0 Å². The van der Waals surface area contributed by atoms with E-state index in [-0.39, 0.29) is 35.8 Å². The summed E-state index contributed by atoms with van der Waals surface area (Å²) in [5.41, 5.74) is -0.416. The highest BCUT2D eigenvalue weighted by Gasteiger charge is 2.36. The normalized spacial score (nSPS) is 23.5. The van der Waals surface area contributed by atoms with E-state index in [4.69, 9.17) is 0 Å². The summed E-state index contributed by atoms with van der Waals surface area (Å²) in [6.07, 6.45) is 0.734. The largest absolute Gasteiger partial charge is 0.416 e. The van der Waals surface area contributed by atoms with E-state index in [1.54, 1.807) is 0 Å². The van der Waals surface area contributed by atoms with Gasteiger partial charge in [-0.15, -0.1) is 0 Å². The molecular formula is C22H28F3N5O2. The Kier molecular flexibility index (Phi) is 6.52. The second kappa shape index (κ2) is 9.19. The summed E-state index contributed by atoms with van der Waals surface area (Å²) >= 11 is 0. The first-order valence-electron chi connectivity index (χ1n) is 11.0. The minimum atomic E-state index is -4.47. The number of halogens is 3. The lowest BCUT2D eigenvalue weighted by Gasteiger charge is -2.47. The van der Waals surface area contributed by atoms with Crippen LogP contribution in [0, 0.1) is 5.92 Å². The number of aromatic nitrogens is 2. The molecule has 10 heteroatoms. The number of rotatable bonds is 6. The molecule has 7 nitrogen and oxygen atoms in total. The lowest BCUT2D eigenvalue weighted by Crippen LogP contribution is -2.63. The predicted octanol–water partition coefficient (Wildman–Crippen LogP) is 2.80. The highest BCUT2D eigenvalue weighted by molar-refractivity contribution is 5.91. The zero-order chi connectivity index (χ0) is 22.9. The van der Waals surface area contributed by atoms with Crippen LogP contribution in [0.5, 0.6) is 0 Å². The van der Waals surface area contributed by atoms with Crippen LogP contribution in [-0.4, -0.2) is 63.7 Å². The van der Waals surface area contributed by atoms with Crippen LogP contribution in [0.15, 0.2) is 24.5 Å². The molecule has 2 fully saturated rings. The topological polar surface area (TPSA) is 90.4 Å². The maximum atomic E-state index is 13.0. The van der Waals surface area contributed by atoms with Crippen LogP contribution >= 0.6 is 0 Å². The molecule has 2 heterocycles. The monoisotopic (exact) mass is 451 g/mol. The molecule has 3 N–H and O–H groups in total. The zero-order valence-corrected chi connectivity index (χ0v) is 17.9. The van der Waals surface area contributed by atoms with E-state index in [1.165, 1.54) is 12.4 Å². The number of aliphatic hydroxyl groups excluding tert-OH is 1. The van der Waals surface area contributed by atoms with E-state index in [9.17, 15) is 23.1 Å². The van der Waals surface area contributed by atoms with Gasteiger partial charge in [0.2, 0.25) is 5.91 Å². The van der Waals surface area contributed by atoms with Gasteiger partial charge in [0.1, 0.15) is 12.1 Å². The number of anilines is 1. The fourth-order valence-corrected chi connectivity index (χ4v) is 4.67. The van der Waals surface area contributed by atoms with Crippen LogP contribution in [0.2, 0.25) is 0 Å². The van der Waals surface area contributed by atoms with Crippen LogP contribution in [0.25, 0.3) is 10.9 Å². The minimum absolute atomic E-state index is 0.0674. The fraction of sp³-hybridized carbons (Fsp3) is 0.591. The fourth-order valence-electron chi connectivity index (χ4n) is 4.67. The third kappa shape index (κ3) is 5.12. The third-order valence-corrected chi connectivity index (χ3v) is 6.59. The summed E-state index contributed by atoms with van der Waals surface area (Å²) in [5, 5.41) is 15.8. The van der Waals surface area contributed by atoms with E-state index < -0.39 is 11.7 Å². The lowest BCUT2D eigenvalue weighted by molar-refractivity contribution is -0.137. The van der Waals surface area contributed by atoms with Crippen molar-refractivity contribution in [3.63, 3.8) is 0 Å². The van der Waals surface area contributed by atoms with Gasteiger partial charge in [-0.2, -0.15) is 13.2 Å². The van der Waals surface area contributed by atoms with E-state index in [0.717, 1.165) is 50.9 Å². The molecule has 174 valence electrons. The summed E-state index contributed by atoms with van der Waals surface area (Å²) < 4.78 is 39.1. The van der Waals surface area contributed by atoms with E-state index in [0.29, 0.717) is 17.5 Å². The minimum Gasteiger partial charge on any atom is -0.393 e. The number of carbonyl (C=O) groups excluding carboxylic acids is 1. The Bertz CT molecular complexity index is 954. The Morgan fingerprint density at radius 1 is 1.22 bits per heavy atom. The number of fused-ring (bicyclic) bond motifs is 1. The van der Waals surface area contributed by atoms with Crippen LogP contribution < -0.4 is 10.6 Å². The van der Waals surface area contributed by atoms with Gasteiger partial charge in [-0.3, -0.25) is 9.69 Å². The number of aliphatic hydroxyl groups is 1. The second-order valence-electron chi connectivity index (χ2n) is 8.83. The first-order valence-corrected chi connectivity index (χ1v) is 11.0. The van der Waals surface area contributed by atoms with Gasteiger partial charge < -0.3 is 15.7 Å². The number of nitrogens with zero attached hydrogens (tertiary/aromatic N) is 3. The van der Waals surface area contributed by atoms with Gasteiger partial charge in [0.05, 0.1) is 29.8 Å². The van der Waals surface area contributed by atoms with E-state index in [2.05, 4.69) is 25.5 Å². The first-order chi connectivity index (χ1) is 15.2. The molecule has 1 aliphatic carbocycles. The van der Waals surface area contributed by atoms with Crippen molar-refractivity contribution in [1.82, 2.24) is 20.2 Å². The van der Waals surface area contributed by atoms with Gasteiger partial charge in [-0.25, -0.2) is 9.97 Å². The Morgan fingerprint density at radius 2 is 1.94 bits per heavy atom. The molecule has 4 rings (SSSR count). The smallest absolute Gasteiger partial charge is 0.393 e. The van der Waals surface area contributed by atoms with Crippen molar-refractivity contribution in [3.05, 3.63) is 30.1 Å². The molecule has 1 saturated carbocycles. The number of hydrogen-bond acceptors (Lipinski definition) is 6. The number of amides is 1. The molecule has 32 heavy (non-hydrogen) atoms. The molecule has 0 radical (unpaired) electrons. The van der Waals surface area contributed by atoms with Gasteiger partial charge in [0.15, 0.2) is 0 Å². The van der Waals surface area contributed by atoms with Gasteiger partial charge in [-0.05, 0) is 56.7 Å². The summed E-state index contributed by atoms with van der Waals surface area (Å²) in [7, 11) is 0. The Hall–Kier alpha value is -2.46. The standard InChI is InChI=1S/C22H28F3N5O2/c1-13(31)14-2-5-17(6-3-14)30-10-16(11-30)29-20(32)9-26-21-18-8-15(22(23,24)25)4-7-19(18)27-12-28-21/h4,7-8,12-14,16-17,31H,2-3,5-6,9-11H2,1H3,(H,29,32)(H,26,27,28)/t13?,14-,17-. The van der Waals surface area contributed by atoms with Crippen molar-refractivity contribution >= 4 is 22.6 Å². The second-order valence-corrected chi connectivity index (χ2v) is 8.83. The van der Waals surface area contributed by atoms with E-state index >= 15 is 0 Å². The van der Waals surface area contributed by atoms with Crippen molar-refractivity contribution < 1.29 is 23.1 Å². The molecule has 0 bridgehead atoms. The number of nitrogens with one attached hydrogen (secondary N) is 2. The molecule has 1 unspecified atom stereocenters. The van der Waals surface area contributed by atoms with Crippen LogP contribution in [0.1, 0.15) is 38.2 Å². The number of carbonyl (C=O) groups is 1. The van der Waals surface area contributed by atoms with Gasteiger partial charge in [-0.1, -0.05) is 0 Å². The third-order valence-electron chi connectivity index (χ3n) is 6.59.